The topological polar surface area (TPSA) is 9.23 Å². The normalized spacial score (nSPS) is 19.9. The van der Waals surface area contributed by atoms with Crippen molar-refractivity contribution in [1.82, 2.24) is 0 Å². The summed E-state index contributed by atoms with van der Waals surface area (Å²) < 4.78 is 6.87. The molecular formula is C14H30NO+. The molecule has 2 nitrogen and oxygen atoms in total. The van der Waals surface area contributed by atoms with E-state index in [-0.39, 0.29) is 0 Å². The van der Waals surface area contributed by atoms with Crippen LogP contribution in [-0.2, 0) is 4.74 Å². The van der Waals surface area contributed by atoms with Gasteiger partial charge >= 0.3 is 0 Å². The molecule has 1 saturated heterocycles. The molecule has 1 heterocycles. The van der Waals surface area contributed by atoms with Gasteiger partial charge < -0.3 is 9.22 Å². The van der Waals surface area contributed by atoms with Crippen molar-refractivity contribution in [3.63, 3.8) is 0 Å². The number of quaternary nitrogens is 1. The first-order valence-electron chi connectivity index (χ1n) is 7.26. The van der Waals surface area contributed by atoms with Gasteiger partial charge in [-0.25, -0.2) is 0 Å². The highest BCUT2D eigenvalue weighted by atomic mass is 16.5. The van der Waals surface area contributed by atoms with E-state index in [1.807, 2.05) is 0 Å². The van der Waals surface area contributed by atoms with Gasteiger partial charge in [0.1, 0.15) is 13.1 Å². The molecule has 0 aromatic heterocycles. The Labute approximate surface area is 102 Å². The highest BCUT2D eigenvalue weighted by Crippen LogP contribution is 2.16. The molecule has 0 radical (unpaired) electrons. The summed E-state index contributed by atoms with van der Waals surface area (Å²) in [6.07, 6.45) is 8.28. The van der Waals surface area contributed by atoms with E-state index in [4.69, 9.17) is 4.74 Å². The highest BCUT2D eigenvalue weighted by Gasteiger charge is 2.28. The lowest BCUT2D eigenvalue weighted by molar-refractivity contribution is -0.935. The molecule has 0 saturated carbocycles. The summed E-state index contributed by atoms with van der Waals surface area (Å²) >= 11 is 0. The third-order valence-electron chi connectivity index (χ3n) is 3.89. The van der Waals surface area contributed by atoms with Gasteiger partial charge in [-0.05, 0) is 25.7 Å². The molecule has 1 aliphatic rings. The van der Waals surface area contributed by atoms with Crippen molar-refractivity contribution in [3.8, 4) is 0 Å². The van der Waals surface area contributed by atoms with E-state index < -0.39 is 0 Å². The molecule has 1 fully saturated rings. The molecule has 0 atom stereocenters. The largest absolute Gasteiger partial charge is 0.370 e. The predicted molar refractivity (Wildman–Crippen MR) is 69.6 cm³/mol. The summed E-state index contributed by atoms with van der Waals surface area (Å²) in [6, 6.07) is 0. The summed E-state index contributed by atoms with van der Waals surface area (Å²) in [5, 5.41) is 0. The van der Waals surface area contributed by atoms with Gasteiger partial charge in [-0.1, -0.05) is 26.7 Å². The molecular weight excluding hydrogens is 198 g/mol. The van der Waals surface area contributed by atoms with Crippen molar-refractivity contribution >= 4 is 0 Å². The Bertz CT molecular complexity index is 152. The van der Waals surface area contributed by atoms with Gasteiger partial charge in [-0.15, -0.1) is 0 Å². The minimum Gasteiger partial charge on any atom is -0.370 e. The van der Waals surface area contributed by atoms with Crippen LogP contribution in [0.2, 0.25) is 0 Å². The number of hydrogen-bond donors (Lipinski definition) is 0. The molecule has 0 aromatic rings. The van der Waals surface area contributed by atoms with E-state index in [0.717, 1.165) is 13.2 Å². The summed E-state index contributed by atoms with van der Waals surface area (Å²) in [5.74, 6) is 0. The standard InChI is InChI=1S/C14H30NO/c1-3-5-7-9-15(10-8-6-4-2)11-13-16-14-12-15/h3-14H2,1-2H3/q+1. The van der Waals surface area contributed by atoms with E-state index >= 15 is 0 Å². The van der Waals surface area contributed by atoms with E-state index in [1.54, 1.807) is 0 Å². The van der Waals surface area contributed by atoms with Gasteiger partial charge in [0.2, 0.25) is 0 Å². The third-order valence-corrected chi connectivity index (χ3v) is 3.89. The minimum atomic E-state index is 0.984. The number of unbranched alkanes of at least 4 members (excludes halogenated alkanes) is 4. The predicted octanol–water partition coefficient (Wildman–Crippen LogP) is 3.21. The molecule has 16 heavy (non-hydrogen) atoms. The quantitative estimate of drug-likeness (QED) is 0.458. The van der Waals surface area contributed by atoms with Gasteiger partial charge in [0.25, 0.3) is 0 Å². The van der Waals surface area contributed by atoms with Gasteiger partial charge in [-0.2, -0.15) is 0 Å². The Morgan fingerprint density at radius 2 is 1.31 bits per heavy atom. The zero-order chi connectivity index (χ0) is 11.7. The van der Waals surface area contributed by atoms with E-state index in [1.165, 1.54) is 69.2 Å². The second-order valence-electron chi connectivity index (χ2n) is 5.26. The van der Waals surface area contributed by atoms with Crippen LogP contribution in [0.1, 0.15) is 52.4 Å². The van der Waals surface area contributed by atoms with Crippen molar-refractivity contribution in [3.05, 3.63) is 0 Å². The van der Waals surface area contributed by atoms with Crippen LogP contribution in [0.25, 0.3) is 0 Å². The number of hydrogen-bond acceptors (Lipinski definition) is 1. The van der Waals surface area contributed by atoms with Crippen molar-refractivity contribution in [2.45, 2.75) is 52.4 Å². The summed E-state index contributed by atoms with van der Waals surface area (Å²) in [7, 11) is 0. The molecule has 0 bridgehead atoms. The van der Waals surface area contributed by atoms with Crippen LogP contribution in [-0.4, -0.2) is 43.9 Å². The van der Waals surface area contributed by atoms with Crippen molar-refractivity contribution in [2.75, 3.05) is 39.4 Å². The fraction of sp³-hybridized carbons (Fsp3) is 1.00. The number of ether oxygens (including phenoxy) is 1. The van der Waals surface area contributed by atoms with Crippen LogP contribution in [0, 0.1) is 0 Å². The molecule has 1 aliphatic heterocycles. The molecule has 0 spiro atoms. The maximum atomic E-state index is 5.52. The average molecular weight is 228 g/mol. The minimum absolute atomic E-state index is 0.984. The van der Waals surface area contributed by atoms with Crippen LogP contribution in [0.15, 0.2) is 0 Å². The van der Waals surface area contributed by atoms with Crippen LogP contribution in [0.4, 0.5) is 0 Å². The van der Waals surface area contributed by atoms with Crippen LogP contribution >= 0.6 is 0 Å². The maximum Gasteiger partial charge on any atom is 0.102 e. The summed E-state index contributed by atoms with van der Waals surface area (Å²) in [6.45, 7) is 11.8. The first-order valence-corrected chi connectivity index (χ1v) is 7.26. The lowest BCUT2D eigenvalue weighted by Crippen LogP contribution is -2.56. The highest BCUT2D eigenvalue weighted by molar-refractivity contribution is 4.52. The van der Waals surface area contributed by atoms with Gasteiger partial charge in [0, 0.05) is 0 Å². The van der Waals surface area contributed by atoms with Gasteiger partial charge in [0.15, 0.2) is 0 Å². The molecule has 0 unspecified atom stereocenters. The number of morpholine rings is 1. The number of rotatable bonds is 8. The van der Waals surface area contributed by atoms with Crippen LogP contribution in [0.5, 0.6) is 0 Å². The fourth-order valence-corrected chi connectivity index (χ4v) is 2.68. The number of nitrogens with zero attached hydrogens (tertiary/aromatic N) is 1. The third kappa shape index (κ3) is 4.84. The maximum absolute atomic E-state index is 5.52. The SMILES string of the molecule is CCCCC[N+]1(CCCCC)CCOCC1. The Morgan fingerprint density at radius 3 is 1.75 bits per heavy atom. The Hall–Kier alpha value is -0.0800. The molecule has 0 aromatic carbocycles. The Morgan fingerprint density at radius 1 is 0.812 bits per heavy atom. The molecule has 1 rings (SSSR count). The average Bonchev–Trinajstić information content (AvgIpc) is 2.31. The summed E-state index contributed by atoms with van der Waals surface area (Å²) in [4.78, 5) is 0. The molecule has 0 aliphatic carbocycles. The molecule has 96 valence electrons. The molecule has 0 N–H and O–H groups in total. The zero-order valence-electron chi connectivity index (χ0n) is 11.3. The smallest absolute Gasteiger partial charge is 0.102 e. The van der Waals surface area contributed by atoms with Crippen molar-refractivity contribution in [2.24, 2.45) is 0 Å². The molecule has 2 heteroatoms. The van der Waals surface area contributed by atoms with E-state index in [9.17, 15) is 0 Å². The lowest BCUT2D eigenvalue weighted by Gasteiger charge is -2.41. The van der Waals surface area contributed by atoms with Crippen molar-refractivity contribution < 1.29 is 9.22 Å². The Balaban J connectivity index is 2.33. The van der Waals surface area contributed by atoms with Gasteiger partial charge in [-0.3, -0.25) is 0 Å². The van der Waals surface area contributed by atoms with Crippen LogP contribution < -0.4 is 0 Å². The van der Waals surface area contributed by atoms with E-state index in [0.29, 0.717) is 0 Å². The first-order chi connectivity index (χ1) is 7.83. The second-order valence-corrected chi connectivity index (χ2v) is 5.26. The van der Waals surface area contributed by atoms with Crippen molar-refractivity contribution in [1.29, 1.82) is 0 Å². The monoisotopic (exact) mass is 228 g/mol. The first kappa shape index (κ1) is 14.0. The van der Waals surface area contributed by atoms with Gasteiger partial charge in [0.05, 0.1) is 26.3 Å². The Kier molecular flexibility index (Phi) is 7.06. The fourth-order valence-electron chi connectivity index (χ4n) is 2.68. The lowest BCUT2D eigenvalue weighted by atomic mass is 10.1. The van der Waals surface area contributed by atoms with Crippen LogP contribution in [0.3, 0.4) is 0 Å². The summed E-state index contributed by atoms with van der Waals surface area (Å²) in [5.41, 5.74) is 0. The second kappa shape index (κ2) is 8.08. The molecule has 0 amide bonds. The van der Waals surface area contributed by atoms with E-state index in [2.05, 4.69) is 13.8 Å². The zero-order valence-corrected chi connectivity index (χ0v) is 11.3.